The van der Waals surface area contributed by atoms with Crippen LogP contribution in [0.15, 0.2) is 60.9 Å². The first-order valence-electron chi connectivity index (χ1n) is 8.75. The molecule has 0 atom stereocenters. The van der Waals surface area contributed by atoms with Gasteiger partial charge in [-0.3, -0.25) is 4.79 Å². The molecule has 27 heavy (non-hydrogen) atoms. The second kappa shape index (κ2) is 9.14. The van der Waals surface area contributed by atoms with E-state index in [0.717, 1.165) is 29.1 Å². The van der Waals surface area contributed by atoms with Crippen LogP contribution in [0, 0.1) is 6.92 Å². The van der Waals surface area contributed by atoms with Crippen molar-refractivity contribution in [3.8, 4) is 0 Å². The van der Waals surface area contributed by atoms with E-state index in [2.05, 4.69) is 20.6 Å². The van der Waals surface area contributed by atoms with Crippen molar-refractivity contribution in [3.05, 3.63) is 88.3 Å². The highest BCUT2D eigenvalue weighted by Crippen LogP contribution is 2.10. The van der Waals surface area contributed by atoms with Gasteiger partial charge in [0.15, 0.2) is 0 Å². The van der Waals surface area contributed by atoms with E-state index < -0.39 is 0 Å². The van der Waals surface area contributed by atoms with Crippen LogP contribution in [0.1, 0.15) is 27.2 Å². The number of nitrogens with one attached hydrogen (secondary N) is 2. The number of anilines is 1. The first kappa shape index (κ1) is 18.9. The average Bonchev–Trinajstić information content (AvgIpc) is 2.69. The van der Waals surface area contributed by atoms with Crippen LogP contribution in [-0.4, -0.2) is 22.4 Å². The molecule has 0 spiro atoms. The SMILES string of the molecule is Cc1ccccc1CNC(=O)c1cnc(NCCc2ccc(Cl)cc2)cn1. The van der Waals surface area contributed by atoms with Crippen LogP contribution in [0.2, 0.25) is 5.02 Å². The third-order valence-corrected chi connectivity index (χ3v) is 4.47. The Morgan fingerprint density at radius 3 is 2.52 bits per heavy atom. The molecule has 2 aromatic carbocycles. The van der Waals surface area contributed by atoms with Gasteiger partial charge in [-0.05, 0) is 42.2 Å². The van der Waals surface area contributed by atoms with Crippen molar-refractivity contribution in [1.82, 2.24) is 15.3 Å². The highest BCUT2D eigenvalue weighted by Gasteiger charge is 2.08. The van der Waals surface area contributed by atoms with Gasteiger partial charge in [0, 0.05) is 18.1 Å². The summed E-state index contributed by atoms with van der Waals surface area (Å²) in [5.41, 5.74) is 3.71. The van der Waals surface area contributed by atoms with Crippen molar-refractivity contribution in [2.75, 3.05) is 11.9 Å². The van der Waals surface area contributed by atoms with Gasteiger partial charge in [0.1, 0.15) is 11.5 Å². The maximum Gasteiger partial charge on any atom is 0.271 e. The van der Waals surface area contributed by atoms with Gasteiger partial charge >= 0.3 is 0 Å². The van der Waals surface area contributed by atoms with Crippen LogP contribution in [0.4, 0.5) is 5.82 Å². The lowest BCUT2D eigenvalue weighted by molar-refractivity contribution is 0.0945. The molecule has 0 bridgehead atoms. The number of hydrogen-bond donors (Lipinski definition) is 2. The molecule has 1 amide bonds. The minimum absolute atomic E-state index is 0.238. The smallest absolute Gasteiger partial charge is 0.271 e. The molecule has 3 aromatic rings. The zero-order valence-corrected chi connectivity index (χ0v) is 15.8. The summed E-state index contributed by atoms with van der Waals surface area (Å²) < 4.78 is 0. The molecule has 0 saturated heterocycles. The van der Waals surface area contributed by atoms with Crippen LogP contribution in [0.5, 0.6) is 0 Å². The van der Waals surface area contributed by atoms with Crippen molar-refractivity contribution in [1.29, 1.82) is 0 Å². The third kappa shape index (κ3) is 5.53. The summed E-state index contributed by atoms with van der Waals surface area (Å²) in [4.78, 5) is 20.7. The number of amides is 1. The van der Waals surface area contributed by atoms with Gasteiger partial charge in [0.05, 0.1) is 12.4 Å². The minimum Gasteiger partial charge on any atom is -0.368 e. The van der Waals surface area contributed by atoms with Crippen molar-refractivity contribution in [2.45, 2.75) is 19.9 Å². The Bertz CT molecular complexity index is 895. The molecule has 5 nitrogen and oxygen atoms in total. The fourth-order valence-corrected chi connectivity index (χ4v) is 2.72. The lowest BCUT2D eigenvalue weighted by Gasteiger charge is -2.08. The zero-order valence-electron chi connectivity index (χ0n) is 15.1. The van der Waals surface area contributed by atoms with Crippen LogP contribution >= 0.6 is 11.6 Å². The third-order valence-electron chi connectivity index (χ3n) is 4.22. The van der Waals surface area contributed by atoms with Gasteiger partial charge in [-0.15, -0.1) is 0 Å². The monoisotopic (exact) mass is 380 g/mol. The molecule has 1 aromatic heterocycles. The van der Waals surface area contributed by atoms with E-state index in [4.69, 9.17) is 11.6 Å². The average molecular weight is 381 g/mol. The Balaban J connectivity index is 1.48. The van der Waals surface area contributed by atoms with E-state index in [1.54, 1.807) is 6.20 Å². The van der Waals surface area contributed by atoms with Crippen LogP contribution in [-0.2, 0) is 13.0 Å². The molecule has 0 saturated carbocycles. The second-order valence-corrected chi connectivity index (χ2v) is 6.64. The number of carbonyl (C=O) groups is 1. The Morgan fingerprint density at radius 1 is 1.04 bits per heavy atom. The molecule has 138 valence electrons. The van der Waals surface area contributed by atoms with Crippen LogP contribution in [0.3, 0.4) is 0 Å². The second-order valence-electron chi connectivity index (χ2n) is 6.20. The van der Waals surface area contributed by atoms with Gasteiger partial charge < -0.3 is 10.6 Å². The van der Waals surface area contributed by atoms with Crippen molar-refractivity contribution in [3.63, 3.8) is 0 Å². The Labute approximate surface area is 163 Å². The van der Waals surface area contributed by atoms with Crippen molar-refractivity contribution >= 4 is 23.3 Å². The topological polar surface area (TPSA) is 66.9 Å². The highest BCUT2D eigenvalue weighted by atomic mass is 35.5. The summed E-state index contributed by atoms with van der Waals surface area (Å²) in [7, 11) is 0. The summed E-state index contributed by atoms with van der Waals surface area (Å²) in [6.07, 6.45) is 3.90. The Kier molecular flexibility index (Phi) is 6.39. The van der Waals surface area contributed by atoms with E-state index in [-0.39, 0.29) is 5.91 Å². The normalized spacial score (nSPS) is 10.4. The van der Waals surface area contributed by atoms with Gasteiger partial charge in [-0.1, -0.05) is 48.0 Å². The summed E-state index contributed by atoms with van der Waals surface area (Å²) in [6, 6.07) is 15.7. The maximum absolute atomic E-state index is 12.2. The summed E-state index contributed by atoms with van der Waals surface area (Å²) in [6.45, 7) is 3.20. The highest BCUT2D eigenvalue weighted by molar-refractivity contribution is 6.30. The number of rotatable bonds is 7. The fourth-order valence-electron chi connectivity index (χ4n) is 2.60. The lowest BCUT2D eigenvalue weighted by Crippen LogP contribution is -2.24. The molecule has 6 heteroatoms. The standard InChI is InChI=1S/C21H21ClN4O/c1-15-4-2-3-5-17(15)12-26-21(27)19-13-25-20(14-24-19)23-11-10-16-6-8-18(22)9-7-16/h2-9,13-14H,10-12H2,1H3,(H,23,25)(H,26,27). The number of hydrogen-bond acceptors (Lipinski definition) is 4. The predicted octanol–water partition coefficient (Wildman–Crippen LogP) is 4.02. The molecule has 2 N–H and O–H groups in total. The summed E-state index contributed by atoms with van der Waals surface area (Å²) in [5, 5.41) is 6.80. The molecular weight excluding hydrogens is 360 g/mol. The number of nitrogens with zero attached hydrogens (tertiary/aromatic N) is 2. The molecule has 0 fully saturated rings. The van der Waals surface area contributed by atoms with E-state index >= 15 is 0 Å². The molecule has 0 aliphatic rings. The van der Waals surface area contributed by atoms with Gasteiger partial charge in [0.25, 0.3) is 5.91 Å². The Hall–Kier alpha value is -2.92. The van der Waals surface area contributed by atoms with Gasteiger partial charge in [-0.25, -0.2) is 9.97 Å². The number of carbonyl (C=O) groups excluding carboxylic acids is 1. The molecular formula is C21H21ClN4O. The van der Waals surface area contributed by atoms with E-state index in [1.165, 1.54) is 11.8 Å². The molecule has 0 aliphatic heterocycles. The van der Waals surface area contributed by atoms with Crippen LogP contribution < -0.4 is 10.6 Å². The maximum atomic E-state index is 12.2. The van der Waals surface area contributed by atoms with E-state index in [9.17, 15) is 4.79 Å². The number of aryl methyl sites for hydroxylation is 1. The van der Waals surface area contributed by atoms with Gasteiger partial charge in [0.2, 0.25) is 0 Å². The van der Waals surface area contributed by atoms with Crippen LogP contribution in [0.25, 0.3) is 0 Å². The molecule has 0 aliphatic carbocycles. The predicted molar refractivity (Wildman–Crippen MR) is 108 cm³/mol. The summed E-state index contributed by atoms with van der Waals surface area (Å²) in [5.74, 6) is 0.401. The minimum atomic E-state index is -0.238. The van der Waals surface area contributed by atoms with E-state index in [0.29, 0.717) is 18.1 Å². The van der Waals surface area contributed by atoms with Crippen molar-refractivity contribution in [2.24, 2.45) is 0 Å². The molecule has 3 rings (SSSR count). The Morgan fingerprint density at radius 2 is 1.81 bits per heavy atom. The number of aromatic nitrogens is 2. The summed E-state index contributed by atoms with van der Waals surface area (Å²) >= 11 is 5.88. The molecule has 0 radical (unpaired) electrons. The number of benzene rings is 2. The first-order chi connectivity index (χ1) is 13.1. The lowest BCUT2D eigenvalue weighted by atomic mass is 10.1. The van der Waals surface area contributed by atoms with Crippen molar-refractivity contribution < 1.29 is 4.79 Å². The van der Waals surface area contributed by atoms with Gasteiger partial charge in [-0.2, -0.15) is 0 Å². The zero-order chi connectivity index (χ0) is 19.1. The largest absolute Gasteiger partial charge is 0.368 e. The quantitative estimate of drug-likeness (QED) is 0.649. The molecule has 0 unspecified atom stereocenters. The molecule has 1 heterocycles. The van der Waals surface area contributed by atoms with E-state index in [1.807, 2.05) is 55.5 Å². The first-order valence-corrected chi connectivity index (χ1v) is 9.12. The fraction of sp³-hybridized carbons (Fsp3) is 0.190. The number of halogens is 1.